The van der Waals surface area contributed by atoms with Gasteiger partial charge in [0.25, 0.3) is 5.56 Å². The van der Waals surface area contributed by atoms with E-state index in [0.717, 1.165) is 11.1 Å². The Hall–Kier alpha value is -2.69. The van der Waals surface area contributed by atoms with Crippen LogP contribution < -0.4 is 10.9 Å². The van der Waals surface area contributed by atoms with E-state index >= 15 is 0 Å². The molecule has 94 valence electrons. The second-order valence-electron chi connectivity index (χ2n) is 4.15. The Morgan fingerprint density at radius 3 is 2.95 bits per heavy atom. The first-order chi connectivity index (χ1) is 9.33. The monoisotopic (exact) mass is 252 g/mol. The number of rotatable bonds is 3. The number of aromatic amines is 1. The highest BCUT2D eigenvalue weighted by Crippen LogP contribution is 2.13. The number of pyridine rings is 1. The van der Waals surface area contributed by atoms with E-state index in [4.69, 9.17) is 0 Å². The van der Waals surface area contributed by atoms with Gasteiger partial charge in [-0.25, -0.2) is 9.97 Å². The average Bonchev–Trinajstić information content (AvgIpc) is 2.46. The van der Waals surface area contributed by atoms with Crippen molar-refractivity contribution in [1.82, 2.24) is 15.0 Å². The minimum absolute atomic E-state index is 0.0942. The zero-order valence-corrected chi connectivity index (χ0v) is 10.1. The fraction of sp³-hybridized carbons (Fsp3) is 0.0714. The van der Waals surface area contributed by atoms with E-state index in [0.29, 0.717) is 17.7 Å². The van der Waals surface area contributed by atoms with Gasteiger partial charge in [-0.15, -0.1) is 0 Å². The van der Waals surface area contributed by atoms with Crippen LogP contribution in [0.4, 0.5) is 5.82 Å². The van der Waals surface area contributed by atoms with Gasteiger partial charge in [-0.2, -0.15) is 0 Å². The maximum absolute atomic E-state index is 11.9. The van der Waals surface area contributed by atoms with Crippen molar-refractivity contribution in [2.45, 2.75) is 6.54 Å². The van der Waals surface area contributed by atoms with Crippen molar-refractivity contribution in [3.05, 3.63) is 65.0 Å². The van der Waals surface area contributed by atoms with Crippen LogP contribution in [0, 0.1) is 0 Å². The van der Waals surface area contributed by atoms with Crippen LogP contribution in [0.1, 0.15) is 5.69 Å². The predicted molar refractivity (Wildman–Crippen MR) is 73.9 cm³/mol. The third-order valence-electron chi connectivity index (χ3n) is 2.86. The highest BCUT2D eigenvalue weighted by atomic mass is 16.1. The van der Waals surface area contributed by atoms with Crippen molar-refractivity contribution >= 4 is 16.6 Å². The molecule has 0 fully saturated rings. The Morgan fingerprint density at radius 1 is 1.21 bits per heavy atom. The number of hydrogen-bond acceptors (Lipinski definition) is 4. The number of fused-ring (bicyclic) bond motifs is 1. The van der Waals surface area contributed by atoms with Crippen molar-refractivity contribution in [3.63, 3.8) is 0 Å². The number of H-pyrrole nitrogens is 1. The van der Waals surface area contributed by atoms with Gasteiger partial charge < -0.3 is 10.3 Å². The molecule has 0 aliphatic heterocycles. The lowest BCUT2D eigenvalue weighted by molar-refractivity contribution is 0.995. The Kier molecular flexibility index (Phi) is 2.94. The summed E-state index contributed by atoms with van der Waals surface area (Å²) in [6.07, 6.45) is 3.19. The topological polar surface area (TPSA) is 70.7 Å². The lowest BCUT2D eigenvalue weighted by atomic mass is 10.2. The van der Waals surface area contributed by atoms with Gasteiger partial charge in [0, 0.05) is 11.6 Å². The van der Waals surface area contributed by atoms with Gasteiger partial charge in [-0.05, 0) is 23.6 Å². The van der Waals surface area contributed by atoms with Crippen LogP contribution in [0.5, 0.6) is 0 Å². The first-order valence-corrected chi connectivity index (χ1v) is 5.94. The van der Waals surface area contributed by atoms with Crippen LogP contribution in [0.2, 0.25) is 0 Å². The van der Waals surface area contributed by atoms with Crippen molar-refractivity contribution in [1.29, 1.82) is 0 Å². The summed E-state index contributed by atoms with van der Waals surface area (Å²) < 4.78 is 0. The standard InChI is InChI=1S/C14H12N4O/c19-14-12-4-2-1-3-10(12)7-13(18-14)16-8-11-5-6-15-9-17-11/h1-7,9H,8H2,(H2,16,18,19). The van der Waals surface area contributed by atoms with Crippen molar-refractivity contribution < 1.29 is 0 Å². The lowest BCUT2D eigenvalue weighted by Crippen LogP contribution is -2.11. The van der Waals surface area contributed by atoms with E-state index in [-0.39, 0.29) is 5.56 Å². The van der Waals surface area contributed by atoms with Gasteiger partial charge in [-0.1, -0.05) is 18.2 Å². The van der Waals surface area contributed by atoms with E-state index in [1.54, 1.807) is 6.20 Å². The molecule has 5 heteroatoms. The Balaban J connectivity index is 1.88. The molecule has 2 aromatic heterocycles. The summed E-state index contributed by atoms with van der Waals surface area (Å²) in [7, 11) is 0. The van der Waals surface area contributed by atoms with Crippen LogP contribution >= 0.6 is 0 Å². The summed E-state index contributed by atoms with van der Waals surface area (Å²) in [6.45, 7) is 0.538. The summed E-state index contributed by atoms with van der Waals surface area (Å²) >= 11 is 0. The highest BCUT2D eigenvalue weighted by Gasteiger charge is 2.01. The summed E-state index contributed by atoms with van der Waals surface area (Å²) in [5.74, 6) is 0.683. The molecule has 0 unspecified atom stereocenters. The molecule has 1 aromatic carbocycles. The molecule has 0 aliphatic rings. The molecule has 0 atom stereocenters. The number of nitrogens with zero attached hydrogens (tertiary/aromatic N) is 2. The maximum atomic E-state index is 11.9. The molecule has 0 spiro atoms. The van der Waals surface area contributed by atoms with Gasteiger partial charge in [0.15, 0.2) is 0 Å². The van der Waals surface area contributed by atoms with Crippen LogP contribution in [-0.4, -0.2) is 15.0 Å². The van der Waals surface area contributed by atoms with E-state index < -0.39 is 0 Å². The summed E-state index contributed by atoms with van der Waals surface area (Å²) in [4.78, 5) is 22.7. The molecule has 0 radical (unpaired) electrons. The molecular formula is C14H12N4O. The molecule has 0 amide bonds. The number of benzene rings is 1. The SMILES string of the molecule is O=c1[nH]c(NCc2ccncn2)cc2ccccc12. The van der Waals surface area contributed by atoms with Crippen molar-refractivity contribution in [2.24, 2.45) is 0 Å². The maximum Gasteiger partial charge on any atom is 0.257 e. The van der Waals surface area contributed by atoms with Crippen molar-refractivity contribution in [3.8, 4) is 0 Å². The van der Waals surface area contributed by atoms with Gasteiger partial charge >= 0.3 is 0 Å². The Morgan fingerprint density at radius 2 is 2.11 bits per heavy atom. The Labute approximate surface area is 109 Å². The number of nitrogens with one attached hydrogen (secondary N) is 2. The van der Waals surface area contributed by atoms with E-state index in [1.165, 1.54) is 6.33 Å². The molecular weight excluding hydrogens is 240 g/mol. The molecule has 2 N–H and O–H groups in total. The zero-order valence-electron chi connectivity index (χ0n) is 10.1. The Bertz CT molecular complexity index is 752. The second-order valence-corrected chi connectivity index (χ2v) is 4.15. The molecule has 0 bridgehead atoms. The molecule has 0 saturated carbocycles. The van der Waals surface area contributed by atoms with Gasteiger partial charge in [0.05, 0.1) is 12.2 Å². The summed E-state index contributed by atoms with van der Waals surface area (Å²) in [6, 6.07) is 11.2. The first-order valence-electron chi connectivity index (χ1n) is 5.94. The molecule has 19 heavy (non-hydrogen) atoms. The van der Waals surface area contributed by atoms with E-state index in [2.05, 4.69) is 20.3 Å². The number of anilines is 1. The van der Waals surface area contributed by atoms with Crippen LogP contribution in [0.3, 0.4) is 0 Å². The van der Waals surface area contributed by atoms with E-state index in [1.807, 2.05) is 36.4 Å². The summed E-state index contributed by atoms with van der Waals surface area (Å²) in [5, 5.41) is 4.75. The third kappa shape index (κ3) is 2.44. The molecule has 0 aliphatic carbocycles. The molecule has 0 saturated heterocycles. The van der Waals surface area contributed by atoms with Gasteiger partial charge in [0.1, 0.15) is 12.1 Å². The fourth-order valence-electron chi connectivity index (χ4n) is 1.91. The minimum atomic E-state index is -0.0942. The van der Waals surface area contributed by atoms with Gasteiger partial charge in [-0.3, -0.25) is 4.79 Å². The third-order valence-corrected chi connectivity index (χ3v) is 2.86. The molecule has 5 nitrogen and oxygen atoms in total. The fourth-order valence-corrected chi connectivity index (χ4v) is 1.91. The number of aromatic nitrogens is 3. The first kappa shape index (κ1) is 11.4. The zero-order chi connectivity index (χ0) is 13.1. The second kappa shape index (κ2) is 4.89. The van der Waals surface area contributed by atoms with Crippen LogP contribution in [-0.2, 0) is 6.54 Å². The largest absolute Gasteiger partial charge is 0.366 e. The summed E-state index contributed by atoms with van der Waals surface area (Å²) in [5.41, 5.74) is 0.771. The smallest absolute Gasteiger partial charge is 0.257 e. The minimum Gasteiger partial charge on any atom is -0.366 e. The predicted octanol–water partition coefficient (Wildman–Crippen LogP) is 1.93. The molecule has 3 rings (SSSR count). The highest BCUT2D eigenvalue weighted by molar-refractivity contribution is 5.83. The van der Waals surface area contributed by atoms with Crippen molar-refractivity contribution in [2.75, 3.05) is 5.32 Å². The van der Waals surface area contributed by atoms with Gasteiger partial charge in [0.2, 0.25) is 0 Å². The van der Waals surface area contributed by atoms with Crippen LogP contribution in [0.25, 0.3) is 10.8 Å². The quantitative estimate of drug-likeness (QED) is 0.747. The average molecular weight is 252 g/mol. The number of hydrogen-bond donors (Lipinski definition) is 2. The molecule has 3 aromatic rings. The normalized spacial score (nSPS) is 10.5. The molecule has 2 heterocycles. The van der Waals surface area contributed by atoms with Crippen LogP contribution in [0.15, 0.2) is 53.7 Å². The lowest BCUT2D eigenvalue weighted by Gasteiger charge is -2.06. The van der Waals surface area contributed by atoms with E-state index in [9.17, 15) is 4.79 Å².